The third-order valence-corrected chi connectivity index (χ3v) is 14.4. The first kappa shape index (κ1) is 40.4. The van der Waals surface area contributed by atoms with Gasteiger partial charge >= 0.3 is 0 Å². The summed E-state index contributed by atoms with van der Waals surface area (Å²) in [6.07, 6.45) is 3.21. The molecule has 4 aromatic carbocycles. The summed E-state index contributed by atoms with van der Waals surface area (Å²) < 4.78 is 2.07. The summed E-state index contributed by atoms with van der Waals surface area (Å²) in [7, 11) is 0.384. The Hall–Kier alpha value is -3.79. The van der Waals surface area contributed by atoms with Crippen LogP contribution in [0.3, 0.4) is 0 Å². The molecule has 0 amide bonds. The quantitative estimate of drug-likeness (QED) is 0.122. The molecule has 6 heteroatoms. The van der Waals surface area contributed by atoms with Crippen LogP contribution in [-0.2, 0) is 45.4 Å². The number of para-hydroxylation sites is 2. The molecule has 2 aromatic heterocycles. The maximum Gasteiger partial charge on any atom is 0.143 e. The number of hydrogen-bond acceptors (Lipinski definition) is 3. The largest absolute Gasteiger partial charge is 0.507 e. The van der Waals surface area contributed by atoms with Gasteiger partial charge in [0.25, 0.3) is 0 Å². The molecule has 2 heterocycles. The van der Waals surface area contributed by atoms with Crippen molar-refractivity contribution >= 4 is 24.3 Å². The zero-order chi connectivity index (χ0) is 37.7. The number of pyridine rings is 1. The minimum atomic E-state index is -1.63. The molecule has 1 N–H and O–H groups in total. The van der Waals surface area contributed by atoms with Crippen molar-refractivity contribution in [3.63, 3.8) is 0 Å². The van der Waals surface area contributed by atoms with Gasteiger partial charge in [-0.3, -0.25) is 4.98 Å². The van der Waals surface area contributed by atoms with Crippen molar-refractivity contribution in [1.29, 1.82) is 0 Å². The normalized spacial score (nSPS) is 12.4. The minimum Gasteiger partial charge on any atom is -0.507 e. The van der Waals surface area contributed by atoms with E-state index in [0.717, 1.165) is 51.2 Å². The average molecular weight is 902 g/mol. The summed E-state index contributed by atoms with van der Waals surface area (Å²) in [6, 6.07) is 32.8. The number of imidazole rings is 1. The fourth-order valence-corrected chi connectivity index (χ4v) is 8.91. The zero-order valence-electron chi connectivity index (χ0n) is 33.7. The number of aromatic hydroxyl groups is 1. The van der Waals surface area contributed by atoms with E-state index < -0.39 is 8.07 Å². The van der Waals surface area contributed by atoms with Crippen LogP contribution in [0, 0.1) is 12.0 Å². The Morgan fingerprint density at radius 1 is 0.792 bits per heavy atom. The summed E-state index contributed by atoms with van der Waals surface area (Å²) in [5.41, 5.74) is 12.8. The van der Waals surface area contributed by atoms with Crippen LogP contribution in [0.15, 0.2) is 85.1 Å². The van der Waals surface area contributed by atoms with Crippen LogP contribution in [0.25, 0.3) is 55.9 Å². The molecule has 0 spiro atoms. The molecule has 0 atom stereocenters. The average Bonchev–Trinajstić information content (AvgIpc) is 3.42. The fourth-order valence-electron chi connectivity index (χ4n) is 7.07. The molecule has 53 heavy (non-hydrogen) atoms. The van der Waals surface area contributed by atoms with Gasteiger partial charge in [-0.15, -0.1) is 23.8 Å². The Balaban J connectivity index is 0.00000541. The van der Waals surface area contributed by atoms with Crippen molar-refractivity contribution < 1.29 is 26.2 Å². The van der Waals surface area contributed by atoms with Gasteiger partial charge in [-0.25, -0.2) is 4.98 Å². The Morgan fingerprint density at radius 2 is 1.40 bits per heavy atom. The number of rotatable bonds is 8. The Kier molecular flexibility index (Phi) is 11.5. The van der Waals surface area contributed by atoms with Crippen LogP contribution < -0.4 is 5.19 Å². The molecule has 0 saturated heterocycles. The molecule has 0 unspecified atom stereocenters. The third kappa shape index (κ3) is 8.32. The van der Waals surface area contributed by atoms with E-state index in [-0.39, 0.29) is 37.6 Å². The molecule has 0 fully saturated rings. The number of aryl methyl sites for hydroxylation is 1. The zero-order valence-corrected chi connectivity index (χ0v) is 37.0. The number of benzene rings is 4. The second-order valence-corrected chi connectivity index (χ2v) is 22.8. The van der Waals surface area contributed by atoms with Gasteiger partial charge in [-0.1, -0.05) is 152 Å². The monoisotopic (exact) mass is 901 g/mol. The first-order valence-electron chi connectivity index (χ1n) is 18.8. The van der Waals surface area contributed by atoms with Crippen molar-refractivity contribution in [1.82, 2.24) is 14.5 Å². The van der Waals surface area contributed by atoms with Crippen molar-refractivity contribution in [3.05, 3.63) is 108 Å². The van der Waals surface area contributed by atoms with E-state index in [2.05, 4.69) is 147 Å². The van der Waals surface area contributed by atoms with Crippen molar-refractivity contribution in [2.45, 2.75) is 98.7 Å². The number of nitrogens with zero attached hydrogens (tertiary/aromatic N) is 3. The van der Waals surface area contributed by atoms with Crippen LogP contribution >= 0.6 is 0 Å². The van der Waals surface area contributed by atoms with E-state index >= 15 is 0 Å². The molecule has 280 valence electrons. The Bertz CT molecular complexity index is 2240. The van der Waals surface area contributed by atoms with Crippen molar-refractivity contribution in [3.8, 4) is 50.6 Å². The summed E-state index contributed by atoms with van der Waals surface area (Å²) in [5.74, 6) is 1.48. The number of hydrogen-bond donors (Lipinski definition) is 1. The van der Waals surface area contributed by atoms with Gasteiger partial charge in [0.1, 0.15) is 11.6 Å². The van der Waals surface area contributed by atoms with E-state index in [4.69, 9.17) is 9.97 Å². The maximum absolute atomic E-state index is 10.8. The SMILES string of the molecule is CC[Si](C)(C)c1cnc(-c2[c-]c(-c3cccc4c3nc(-c3ccccc3O)n4C)cc(-c3cc(C(C)(C)C)cc(C(C)(C)C)c3)c2)cc1CC(C)C.[Pt]. The van der Waals surface area contributed by atoms with Gasteiger partial charge in [0, 0.05) is 40.0 Å². The van der Waals surface area contributed by atoms with Crippen LogP contribution in [0.5, 0.6) is 5.75 Å². The topological polar surface area (TPSA) is 50.9 Å². The molecule has 6 aromatic rings. The summed E-state index contributed by atoms with van der Waals surface area (Å²) in [6.45, 7) is 25.6. The molecule has 0 saturated carbocycles. The predicted octanol–water partition coefficient (Wildman–Crippen LogP) is 11.9. The second-order valence-electron chi connectivity index (χ2n) is 17.7. The molecular weight excluding hydrogens is 846 g/mol. The standard InChI is InChI=1S/C47H56N3OSi.Pt/c1-13-52(11,12)43-29-48-40(27-35(43)21-30(2)3)34-23-31(32-25-36(46(4,5)6)28-37(26-32)47(7,8)9)22-33(24-34)38-18-16-19-41-44(38)49-45(50(41)10)39-17-14-15-20-42(39)51;/h14-20,22-23,25-30,51H,13,21H2,1-12H3;/q-1;. The van der Waals surface area contributed by atoms with Gasteiger partial charge in [-0.05, 0) is 63.2 Å². The number of aromatic nitrogens is 3. The van der Waals surface area contributed by atoms with E-state index in [9.17, 15) is 5.11 Å². The molecule has 0 aliphatic carbocycles. The maximum atomic E-state index is 10.8. The van der Waals surface area contributed by atoms with Gasteiger partial charge in [-0.2, -0.15) is 0 Å². The van der Waals surface area contributed by atoms with Crippen LogP contribution in [0.1, 0.15) is 79.0 Å². The summed E-state index contributed by atoms with van der Waals surface area (Å²) >= 11 is 0. The predicted molar refractivity (Wildman–Crippen MR) is 224 cm³/mol. The number of phenolic OH excluding ortho intramolecular Hbond substituents is 1. The van der Waals surface area contributed by atoms with Crippen LogP contribution in [0.4, 0.5) is 0 Å². The van der Waals surface area contributed by atoms with Gasteiger partial charge in [0.2, 0.25) is 0 Å². The molecule has 0 aliphatic rings. The number of phenols is 1. The third-order valence-electron chi connectivity index (χ3n) is 10.7. The summed E-state index contributed by atoms with van der Waals surface area (Å²) in [5, 5.41) is 12.2. The van der Waals surface area contributed by atoms with Crippen LogP contribution in [-0.4, -0.2) is 27.7 Å². The van der Waals surface area contributed by atoms with E-state index in [1.807, 2.05) is 25.2 Å². The first-order valence-corrected chi connectivity index (χ1v) is 22.1. The first-order chi connectivity index (χ1) is 24.4. The fraction of sp³-hybridized carbons (Fsp3) is 0.362. The molecular formula is C47H56N3OPtSi-. The van der Waals surface area contributed by atoms with Gasteiger partial charge in [0.15, 0.2) is 0 Å². The molecule has 6 rings (SSSR count). The van der Waals surface area contributed by atoms with E-state index in [1.165, 1.54) is 33.5 Å². The number of fused-ring (bicyclic) bond motifs is 1. The Labute approximate surface area is 333 Å². The molecule has 0 radical (unpaired) electrons. The van der Waals surface area contributed by atoms with Gasteiger partial charge < -0.3 is 9.67 Å². The molecule has 4 nitrogen and oxygen atoms in total. The smallest absolute Gasteiger partial charge is 0.143 e. The van der Waals surface area contributed by atoms with E-state index in [0.29, 0.717) is 11.5 Å². The summed E-state index contributed by atoms with van der Waals surface area (Å²) in [4.78, 5) is 10.4. The molecule has 0 aliphatic heterocycles. The molecule has 0 bridgehead atoms. The van der Waals surface area contributed by atoms with E-state index in [1.54, 1.807) is 6.07 Å². The van der Waals surface area contributed by atoms with Gasteiger partial charge in [0.05, 0.1) is 24.7 Å². The van der Waals surface area contributed by atoms with Crippen molar-refractivity contribution in [2.75, 3.05) is 0 Å². The Morgan fingerprint density at radius 3 is 2.00 bits per heavy atom. The minimum absolute atomic E-state index is 0. The van der Waals surface area contributed by atoms with Crippen LogP contribution in [0.2, 0.25) is 19.1 Å². The second kappa shape index (κ2) is 15.1. The van der Waals surface area contributed by atoms with Crippen molar-refractivity contribution in [2.24, 2.45) is 13.0 Å².